The maximum atomic E-state index is 6.32. The van der Waals surface area contributed by atoms with Crippen LogP contribution in [0.3, 0.4) is 0 Å². The second kappa shape index (κ2) is 4.74. The van der Waals surface area contributed by atoms with Gasteiger partial charge in [-0.2, -0.15) is 10.2 Å². The molecule has 0 aromatic carbocycles. The van der Waals surface area contributed by atoms with Gasteiger partial charge in [0, 0.05) is 24.3 Å². The van der Waals surface area contributed by atoms with Gasteiger partial charge >= 0.3 is 0 Å². The molecule has 1 unspecified atom stereocenters. The van der Waals surface area contributed by atoms with Crippen molar-refractivity contribution in [3.63, 3.8) is 0 Å². The minimum Gasteiger partial charge on any atom is -0.319 e. The van der Waals surface area contributed by atoms with Crippen LogP contribution in [0.4, 0.5) is 0 Å². The third-order valence-corrected chi connectivity index (χ3v) is 3.47. The predicted octanol–water partition coefficient (Wildman–Crippen LogP) is 2.21. The zero-order valence-corrected chi connectivity index (χ0v) is 11.8. The van der Waals surface area contributed by atoms with Gasteiger partial charge in [0.15, 0.2) is 0 Å². The first-order valence-electron chi connectivity index (χ1n) is 5.90. The molecule has 0 fully saturated rings. The molecule has 0 saturated heterocycles. The summed E-state index contributed by atoms with van der Waals surface area (Å²) in [5.41, 5.74) is 9.16. The summed E-state index contributed by atoms with van der Waals surface area (Å²) >= 11 is 6.20. The van der Waals surface area contributed by atoms with E-state index in [9.17, 15) is 0 Å². The number of nitrogens with two attached hydrogens (primary N) is 1. The summed E-state index contributed by atoms with van der Waals surface area (Å²) in [6.45, 7) is 6.09. The Morgan fingerprint density at radius 3 is 2.44 bits per heavy atom. The molecule has 2 aromatic rings. The molecule has 0 aliphatic heterocycles. The van der Waals surface area contributed by atoms with Crippen LogP contribution >= 0.6 is 11.6 Å². The molecule has 5 nitrogen and oxygen atoms in total. The van der Waals surface area contributed by atoms with E-state index in [4.69, 9.17) is 17.3 Å². The van der Waals surface area contributed by atoms with E-state index in [0.717, 1.165) is 17.0 Å². The molecule has 1 atom stereocenters. The number of nitrogens with zero attached hydrogens (tertiary/aromatic N) is 4. The van der Waals surface area contributed by atoms with Crippen LogP contribution in [0.25, 0.3) is 0 Å². The molecule has 2 rings (SSSR count). The van der Waals surface area contributed by atoms with E-state index in [2.05, 4.69) is 24.0 Å². The molecule has 0 radical (unpaired) electrons. The molecule has 0 aliphatic carbocycles. The second-order valence-electron chi connectivity index (χ2n) is 4.70. The molecular weight excluding hydrogens is 250 g/mol. The fourth-order valence-corrected chi connectivity index (χ4v) is 2.27. The van der Waals surface area contributed by atoms with E-state index in [0.29, 0.717) is 5.02 Å². The quantitative estimate of drug-likeness (QED) is 0.927. The average molecular weight is 268 g/mol. The molecule has 98 valence electrons. The summed E-state index contributed by atoms with van der Waals surface area (Å²) in [5.74, 6) is 0. The number of hydrogen-bond acceptors (Lipinski definition) is 3. The van der Waals surface area contributed by atoms with Crippen LogP contribution in [0.1, 0.15) is 42.9 Å². The molecule has 0 amide bonds. The van der Waals surface area contributed by atoms with Crippen LogP contribution in [0.5, 0.6) is 0 Å². The summed E-state index contributed by atoms with van der Waals surface area (Å²) in [7, 11) is 1.90. The minimum absolute atomic E-state index is 0.218. The number of aromatic nitrogens is 4. The lowest BCUT2D eigenvalue weighted by molar-refractivity contribution is 0.499. The highest BCUT2D eigenvalue weighted by Crippen LogP contribution is 2.29. The highest BCUT2D eigenvalue weighted by molar-refractivity contribution is 6.31. The van der Waals surface area contributed by atoms with Gasteiger partial charge in [-0.1, -0.05) is 11.6 Å². The SMILES string of the molecule is Cc1c(C(N)c2c(Cl)cnn2C(C)C)cnn1C. The smallest absolute Gasteiger partial charge is 0.0837 e. The Bertz CT molecular complexity index is 555. The summed E-state index contributed by atoms with van der Waals surface area (Å²) < 4.78 is 3.67. The molecule has 2 N–H and O–H groups in total. The number of halogens is 1. The Labute approximate surface area is 112 Å². The normalized spacial score (nSPS) is 13.3. The second-order valence-corrected chi connectivity index (χ2v) is 5.11. The number of aryl methyl sites for hydroxylation is 1. The lowest BCUT2D eigenvalue weighted by Gasteiger charge is -2.17. The molecule has 2 heterocycles. The summed E-state index contributed by atoms with van der Waals surface area (Å²) in [5, 5.41) is 9.09. The van der Waals surface area contributed by atoms with Crippen LogP contribution in [0.2, 0.25) is 5.02 Å². The Hall–Kier alpha value is -1.33. The van der Waals surface area contributed by atoms with Crippen molar-refractivity contribution in [1.29, 1.82) is 0 Å². The van der Waals surface area contributed by atoms with E-state index in [1.54, 1.807) is 17.1 Å². The van der Waals surface area contributed by atoms with E-state index < -0.39 is 0 Å². The van der Waals surface area contributed by atoms with Crippen LogP contribution in [0, 0.1) is 6.92 Å². The molecular formula is C12H18ClN5. The molecule has 2 aromatic heterocycles. The van der Waals surface area contributed by atoms with Crippen molar-refractivity contribution in [2.75, 3.05) is 0 Å². The van der Waals surface area contributed by atoms with Crippen molar-refractivity contribution >= 4 is 11.6 Å². The van der Waals surface area contributed by atoms with Crippen molar-refractivity contribution in [3.05, 3.63) is 34.4 Å². The van der Waals surface area contributed by atoms with Crippen molar-refractivity contribution in [1.82, 2.24) is 19.6 Å². The molecule has 6 heteroatoms. The lowest BCUT2D eigenvalue weighted by atomic mass is 10.1. The van der Waals surface area contributed by atoms with Gasteiger partial charge in [-0.05, 0) is 20.8 Å². The largest absolute Gasteiger partial charge is 0.319 e. The summed E-state index contributed by atoms with van der Waals surface area (Å²) in [6, 6.07) is -0.0911. The predicted molar refractivity (Wildman–Crippen MR) is 71.6 cm³/mol. The monoisotopic (exact) mass is 267 g/mol. The first-order valence-corrected chi connectivity index (χ1v) is 6.28. The highest BCUT2D eigenvalue weighted by Gasteiger charge is 2.22. The average Bonchev–Trinajstić information content (AvgIpc) is 2.84. The van der Waals surface area contributed by atoms with Gasteiger partial charge in [0.2, 0.25) is 0 Å². The van der Waals surface area contributed by atoms with Crippen molar-refractivity contribution < 1.29 is 0 Å². The third-order valence-electron chi connectivity index (χ3n) is 3.18. The number of rotatable bonds is 3. The Morgan fingerprint density at radius 1 is 1.28 bits per heavy atom. The van der Waals surface area contributed by atoms with Gasteiger partial charge in [-0.3, -0.25) is 9.36 Å². The first-order chi connectivity index (χ1) is 8.43. The standard InChI is InChI=1S/C12H18ClN5/c1-7(2)18-12(10(13)6-16-18)11(14)9-5-15-17(4)8(9)3/h5-7,11H,14H2,1-4H3. The van der Waals surface area contributed by atoms with E-state index >= 15 is 0 Å². The van der Waals surface area contributed by atoms with E-state index in [1.807, 2.05) is 18.7 Å². The number of hydrogen-bond donors (Lipinski definition) is 1. The van der Waals surface area contributed by atoms with Crippen LogP contribution in [0.15, 0.2) is 12.4 Å². The zero-order valence-electron chi connectivity index (χ0n) is 11.1. The zero-order chi connectivity index (χ0) is 13.4. The van der Waals surface area contributed by atoms with Crippen molar-refractivity contribution in [2.24, 2.45) is 12.8 Å². The summed E-state index contributed by atoms with van der Waals surface area (Å²) in [6.07, 6.45) is 3.43. The molecule has 0 saturated carbocycles. The fourth-order valence-electron chi connectivity index (χ4n) is 2.02. The highest BCUT2D eigenvalue weighted by atomic mass is 35.5. The van der Waals surface area contributed by atoms with Gasteiger partial charge in [0.1, 0.15) is 0 Å². The Balaban J connectivity index is 2.49. The molecule has 18 heavy (non-hydrogen) atoms. The van der Waals surface area contributed by atoms with Gasteiger partial charge in [0.05, 0.1) is 29.2 Å². The van der Waals surface area contributed by atoms with Gasteiger partial charge in [-0.25, -0.2) is 0 Å². The molecule has 0 spiro atoms. The Kier molecular flexibility index (Phi) is 3.45. The van der Waals surface area contributed by atoms with Crippen LogP contribution < -0.4 is 5.73 Å². The van der Waals surface area contributed by atoms with Gasteiger partial charge in [0.25, 0.3) is 0 Å². The van der Waals surface area contributed by atoms with Gasteiger partial charge in [-0.15, -0.1) is 0 Å². The fraction of sp³-hybridized carbons (Fsp3) is 0.500. The minimum atomic E-state index is -0.309. The van der Waals surface area contributed by atoms with E-state index in [1.165, 1.54) is 0 Å². The molecule has 0 bridgehead atoms. The lowest BCUT2D eigenvalue weighted by Crippen LogP contribution is -2.19. The maximum Gasteiger partial charge on any atom is 0.0837 e. The van der Waals surface area contributed by atoms with Crippen LogP contribution in [-0.2, 0) is 7.05 Å². The topological polar surface area (TPSA) is 61.7 Å². The van der Waals surface area contributed by atoms with Crippen molar-refractivity contribution in [3.8, 4) is 0 Å². The third kappa shape index (κ3) is 2.04. The van der Waals surface area contributed by atoms with Crippen molar-refractivity contribution in [2.45, 2.75) is 32.9 Å². The Morgan fingerprint density at radius 2 is 1.94 bits per heavy atom. The van der Waals surface area contributed by atoms with Crippen LogP contribution in [-0.4, -0.2) is 19.6 Å². The maximum absolute atomic E-state index is 6.32. The first kappa shape index (κ1) is 13.1. The van der Waals surface area contributed by atoms with E-state index in [-0.39, 0.29) is 12.1 Å². The summed E-state index contributed by atoms with van der Waals surface area (Å²) in [4.78, 5) is 0. The molecule has 0 aliphatic rings. The van der Waals surface area contributed by atoms with Gasteiger partial charge < -0.3 is 5.73 Å².